The van der Waals surface area contributed by atoms with Crippen molar-refractivity contribution in [2.24, 2.45) is 0 Å². The number of allylic oxidation sites excluding steroid dienone is 5. The van der Waals surface area contributed by atoms with E-state index in [4.69, 9.17) is 4.74 Å². The van der Waals surface area contributed by atoms with Crippen LogP contribution >= 0.6 is 0 Å². The van der Waals surface area contributed by atoms with Gasteiger partial charge in [0.1, 0.15) is 0 Å². The smallest absolute Gasteiger partial charge is 0.305 e. The van der Waals surface area contributed by atoms with Gasteiger partial charge >= 0.3 is 5.97 Å². The van der Waals surface area contributed by atoms with Crippen LogP contribution in [0.1, 0.15) is 328 Å². The van der Waals surface area contributed by atoms with Crippen LogP contribution in [-0.2, 0) is 14.3 Å². The Kier molecular flexibility index (Phi) is 57.0. The number of rotatable bonds is 57. The molecule has 0 fully saturated rings. The maximum Gasteiger partial charge on any atom is 0.305 e. The lowest BCUT2D eigenvalue weighted by Gasteiger charge is -2.20. The van der Waals surface area contributed by atoms with Gasteiger partial charge < -0.3 is 20.3 Å². The van der Waals surface area contributed by atoms with E-state index >= 15 is 0 Å². The Labute approximate surface area is 430 Å². The zero-order chi connectivity index (χ0) is 50.0. The second-order valence-electron chi connectivity index (χ2n) is 21.0. The van der Waals surface area contributed by atoms with Crippen LogP contribution in [0.3, 0.4) is 0 Å². The third-order valence-electron chi connectivity index (χ3n) is 14.1. The maximum atomic E-state index is 12.5. The number of unbranched alkanes of at least 4 members (excludes halogenated alkanes) is 42. The summed E-state index contributed by atoms with van der Waals surface area (Å²) >= 11 is 0. The van der Waals surface area contributed by atoms with Gasteiger partial charge in [0.15, 0.2) is 0 Å². The summed E-state index contributed by atoms with van der Waals surface area (Å²) in [6.07, 6.45) is 73.2. The molecule has 0 aliphatic heterocycles. The highest BCUT2D eigenvalue weighted by Gasteiger charge is 2.18. The number of aliphatic hydroxyl groups excluding tert-OH is 2. The van der Waals surface area contributed by atoms with Gasteiger partial charge in [0, 0.05) is 12.8 Å². The lowest BCUT2D eigenvalue weighted by atomic mass is 10.0. The van der Waals surface area contributed by atoms with Crippen LogP contribution in [0.2, 0.25) is 0 Å². The predicted octanol–water partition coefficient (Wildman–Crippen LogP) is 19.2. The minimum Gasteiger partial charge on any atom is -0.466 e. The van der Waals surface area contributed by atoms with Crippen LogP contribution < -0.4 is 5.32 Å². The fraction of sp³-hybridized carbons (Fsp3) is 0.873. The number of esters is 1. The minimum atomic E-state index is -0.851. The maximum absolute atomic E-state index is 12.5. The number of amides is 1. The summed E-state index contributed by atoms with van der Waals surface area (Å²) in [5.41, 5.74) is 0. The van der Waals surface area contributed by atoms with Crippen LogP contribution in [0.15, 0.2) is 36.5 Å². The Bertz CT molecular complexity index is 1120. The van der Waals surface area contributed by atoms with Gasteiger partial charge in [-0.25, -0.2) is 0 Å². The highest BCUT2D eigenvalue weighted by atomic mass is 16.5. The summed E-state index contributed by atoms with van der Waals surface area (Å²) in [6, 6.07) is -0.635. The molecule has 0 aromatic carbocycles. The van der Waals surface area contributed by atoms with Crippen molar-refractivity contribution in [3.8, 4) is 0 Å². The lowest BCUT2D eigenvalue weighted by molar-refractivity contribution is -0.143. The fourth-order valence-electron chi connectivity index (χ4n) is 9.39. The number of ether oxygens (including phenoxy) is 1. The number of hydrogen-bond acceptors (Lipinski definition) is 5. The van der Waals surface area contributed by atoms with E-state index in [2.05, 4.69) is 43.5 Å². The molecule has 1 amide bonds. The lowest BCUT2D eigenvalue weighted by Crippen LogP contribution is -2.45. The standard InChI is InChI=1S/C63H119NO5/c1-3-5-7-9-11-13-15-17-18-19-22-25-28-32-35-39-43-47-51-55-61(66)60(59-65)64-62(67)56-52-48-44-40-36-33-29-26-23-20-21-24-27-30-34-38-42-46-50-54-58-69-63(68)57-53-49-45-41-37-31-16-14-12-10-8-6-4-2/h14,16,20,23,51,55,60-61,65-66H,3-13,15,17-19,21-22,24-50,52-54,56-59H2,1-2H3,(H,64,67)/b16-14-,23-20-,55-51+. The van der Waals surface area contributed by atoms with E-state index in [1.54, 1.807) is 6.08 Å². The highest BCUT2D eigenvalue weighted by Crippen LogP contribution is 2.17. The molecule has 406 valence electrons. The summed E-state index contributed by atoms with van der Waals surface area (Å²) < 4.78 is 5.47. The number of carbonyl (C=O) groups is 2. The second-order valence-corrected chi connectivity index (χ2v) is 21.0. The SMILES string of the molecule is CCCCCC/C=C\CCCCCCCC(=O)OCCCCCCCCCCC/C=C\CCCCCCCCCC(=O)NC(CO)C(O)/C=C/CCCCCCCCCCCCCCCCCCC. The molecule has 0 aromatic rings. The topological polar surface area (TPSA) is 95.9 Å². The van der Waals surface area contributed by atoms with E-state index in [0.717, 1.165) is 51.4 Å². The van der Waals surface area contributed by atoms with Crippen LogP contribution in [0, 0.1) is 0 Å². The zero-order valence-electron chi connectivity index (χ0n) is 46.3. The number of carbonyl (C=O) groups excluding carboxylic acids is 2. The molecule has 0 heterocycles. The molecular formula is C63H119NO5. The molecule has 0 aliphatic rings. The van der Waals surface area contributed by atoms with Gasteiger partial charge in [-0.3, -0.25) is 9.59 Å². The van der Waals surface area contributed by atoms with Crippen molar-refractivity contribution >= 4 is 11.9 Å². The zero-order valence-corrected chi connectivity index (χ0v) is 46.3. The second kappa shape index (κ2) is 58.6. The van der Waals surface area contributed by atoms with Crippen molar-refractivity contribution < 1.29 is 24.5 Å². The van der Waals surface area contributed by atoms with Crippen LogP contribution in [-0.4, -0.2) is 47.4 Å². The average molecular weight is 971 g/mol. The average Bonchev–Trinajstić information content (AvgIpc) is 3.35. The van der Waals surface area contributed by atoms with E-state index < -0.39 is 12.1 Å². The van der Waals surface area contributed by atoms with E-state index in [9.17, 15) is 19.8 Å². The molecule has 0 aliphatic carbocycles. The highest BCUT2D eigenvalue weighted by molar-refractivity contribution is 5.76. The van der Waals surface area contributed by atoms with Crippen LogP contribution in [0.5, 0.6) is 0 Å². The Morgan fingerprint density at radius 1 is 0.391 bits per heavy atom. The summed E-state index contributed by atoms with van der Waals surface area (Å²) in [7, 11) is 0. The van der Waals surface area contributed by atoms with Crippen molar-refractivity contribution in [2.75, 3.05) is 13.2 Å². The van der Waals surface area contributed by atoms with Crippen molar-refractivity contribution in [2.45, 2.75) is 341 Å². The summed E-state index contributed by atoms with van der Waals surface area (Å²) in [4.78, 5) is 24.5. The Morgan fingerprint density at radius 3 is 1.04 bits per heavy atom. The number of nitrogens with one attached hydrogen (secondary N) is 1. The molecule has 0 rings (SSSR count). The molecule has 0 aromatic heterocycles. The van der Waals surface area contributed by atoms with Crippen molar-refractivity contribution in [1.29, 1.82) is 0 Å². The fourth-order valence-corrected chi connectivity index (χ4v) is 9.39. The van der Waals surface area contributed by atoms with Gasteiger partial charge in [0.2, 0.25) is 5.91 Å². The molecule has 69 heavy (non-hydrogen) atoms. The first kappa shape index (κ1) is 67.1. The van der Waals surface area contributed by atoms with Gasteiger partial charge in [-0.05, 0) is 83.5 Å². The molecule has 3 N–H and O–H groups in total. The molecule has 0 radical (unpaired) electrons. The number of aliphatic hydroxyl groups is 2. The monoisotopic (exact) mass is 970 g/mol. The normalized spacial score (nSPS) is 12.8. The molecule has 0 bridgehead atoms. The molecule has 2 atom stereocenters. The quantitative estimate of drug-likeness (QED) is 0.0321. The largest absolute Gasteiger partial charge is 0.466 e. The Morgan fingerprint density at radius 2 is 0.681 bits per heavy atom. The Hall–Kier alpha value is -1.92. The third-order valence-corrected chi connectivity index (χ3v) is 14.1. The van der Waals surface area contributed by atoms with Gasteiger partial charge in [-0.2, -0.15) is 0 Å². The first-order valence-corrected chi connectivity index (χ1v) is 30.8. The van der Waals surface area contributed by atoms with Crippen molar-refractivity contribution in [3.63, 3.8) is 0 Å². The number of hydrogen-bond donors (Lipinski definition) is 3. The predicted molar refractivity (Wildman–Crippen MR) is 301 cm³/mol. The molecule has 0 saturated heterocycles. The minimum absolute atomic E-state index is 0.00370. The molecule has 0 spiro atoms. The Balaban J connectivity index is 3.47. The third kappa shape index (κ3) is 55.2. The molecular weight excluding hydrogens is 851 g/mol. The molecule has 0 saturated carbocycles. The van der Waals surface area contributed by atoms with Gasteiger partial charge in [-0.1, -0.05) is 269 Å². The molecule has 2 unspecified atom stereocenters. The van der Waals surface area contributed by atoms with Crippen molar-refractivity contribution in [3.05, 3.63) is 36.5 Å². The van der Waals surface area contributed by atoms with Crippen molar-refractivity contribution in [1.82, 2.24) is 5.32 Å². The summed E-state index contributed by atoms with van der Waals surface area (Å²) in [6.45, 7) is 4.89. The molecule has 6 nitrogen and oxygen atoms in total. The van der Waals surface area contributed by atoms with Crippen LogP contribution in [0.25, 0.3) is 0 Å². The van der Waals surface area contributed by atoms with Gasteiger partial charge in [0.25, 0.3) is 0 Å². The van der Waals surface area contributed by atoms with Crippen LogP contribution in [0.4, 0.5) is 0 Å². The van der Waals surface area contributed by atoms with Gasteiger partial charge in [0.05, 0.1) is 25.4 Å². The summed E-state index contributed by atoms with van der Waals surface area (Å²) in [5, 5.41) is 23.2. The summed E-state index contributed by atoms with van der Waals surface area (Å²) in [5.74, 6) is -0.0785. The van der Waals surface area contributed by atoms with Gasteiger partial charge in [-0.15, -0.1) is 0 Å². The van der Waals surface area contributed by atoms with E-state index in [0.29, 0.717) is 19.4 Å². The van der Waals surface area contributed by atoms with E-state index in [1.807, 2.05) is 6.08 Å². The van der Waals surface area contributed by atoms with E-state index in [1.165, 1.54) is 250 Å². The van der Waals surface area contributed by atoms with E-state index in [-0.39, 0.29) is 18.5 Å². The first-order valence-electron chi connectivity index (χ1n) is 30.8. The first-order chi connectivity index (χ1) is 34.0. The molecule has 6 heteroatoms.